The molecule has 0 unspecified atom stereocenters. The summed E-state index contributed by atoms with van der Waals surface area (Å²) in [7, 11) is 0. The van der Waals surface area contributed by atoms with Crippen molar-refractivity contribution in [3.05, 3.63) is 69.3 Å². The molecule has 0 atom stereocenters. The fourth-order valence-corrected chi connectivity index (χ4v) is 2.94. The first kappa shape index (κ1) is 17.4. The predicted molar refractivity (Wildman–Crippen MR) is 103 cm³/mol. The van der Waals surface area contributed by atoms with E-state index in [0.717, 1.165) is 10.0 Å². The van der Waals surface area contributed by atoms with Crippen LogP contribution in [0.4, 0.5) is 15.3 Å². The summed E-state index contributed by atoms with van der Waals surface area (Å²) >= 11 is 4.78. The number of hydrogen-bond donors (Lipinski definition) is 2. The highest BCUT2D eigenvalue weighted by atomic mass is 79.9. The number of benzene rings is 2. The van der Waals surface area contributed by atoms with Crippen LogP contribution in [0.15, 0.2) is 57.4 Å². The second-order valence-electron chi connectivity index (χ2n) is 5.01. The fourth-order valence-electron chi connectivity index (χ4n) is 2.02. The zero-order valence-electron chi connectivity index (χ0n) is 12.9. The van der Waals surface area contributed by atoms with Crippen LogP contribution in [0.3, 0.4) is 0 Å². The number of ether oxygens (including phenoxy) is 1. The topological polar surface area (TPSA) is 72.5 Å². The summed E-state index contributed by atoms with van der Waals surface area (Å²) in [6, 6.07) is 12.0. The predicted octanol–water partition coefficient (Wildman–Crippen LogP) is 4.65. The SMILES string of the molecule is Nc1csc(NN=Cc2cc(Br)ccc2OCc2ccccc2F)n1. The molecule has 8 heteroatoms. The van der Waals surface area contributed by atoms with E-state index < -0.39 is 0 Å². The zero-order valence-corrected chi connectivity index (χ0v) is 15.3. The van der Waals surface area contributed by atoms with Crippen LogP contribution >= 0.6 is 27.3 Å². The maximum Gasteiger partial charge on any atom is 0.205 e. The lowest BCUT2D eigenvalue weighted by molar-refractivity contribution is 0.299. The summed E-state index contributed by atoms with van der Waals surface area (Å²) < 4.78 is 20.3. The molecule has 0 aliphatic carbocycles. The summed E-state index contributed by atoms with van der Waals surface area (Å²) in [6.45, 7) is 0.131. The van der Waals surface area contributed by atoms with Gasteiger partial charge in [0.25, 0.3) is 0 Å². The molecule has 0 spiro atoms. The van der Waals surface area contributed by atoms with Gasteiger partial charge < -0.3 is 10.5 Å². The van der Waals surface area contributed by atoms with Crippen LogP contribution in [-0.4, -0.2) is 11.2 Å². The highest BCUT2D eigenvalue weighted by Gasteiger charge is 2.06. The molecule has 2 aromatic carbocycles. The third kappa shape index (κ3) is 4.77. The lowest BCUT2D eigenvalue weighted by atomic mass is 10.2. The van der Waals surface area contributed by atoms with Gasteiger partial charge in [0.1, 0.15) is 24.0 Å². The number of hydrogen-bond acceptors (Lipinski definition) is 6. The summed E-state index contributed by atoms with van der Waals surface area (Å²) in [5.41, 5.74) is 9.60. The van der Waals surface area contributed by atoms with E-state index in [1.165, 1.54) is 17.4 Å². The van der Waals surface area contributed by atoms with Gasteiger partial charge in [0.15, 0.2) is 0 Å². The van der Waals surface area contributed by atoms with Crippen molar-refractivity contribution in [1.29, 1.82) is 0 Å². The third-order valence-electron chi connectivity index (χ3n) is 3.20. The first-order valence-corrected chi connectivity index (χ1v) is 8.95. The van der Waals surface area contributed by atoms with Crippen LogP contribution in [0, 0.1) is 5.82 Å². The molecule has 128 valence electrons. The van der Waals surface area contributed by atoms with Crippen molar-refractivity contribution in [2.75, 3.05) is 11.2 Å². The molecule has 0 amide bonds. The number of thiazole rings is 1. The number of nitrogens with zero attached hydrogens (tertiary/aromatic N) is 2. The summed E-state index contributed by atoms with van der Waals surface area (Å²) in [4.78, 5) is 4.06. The molecule has 0 saturated carbocycles. The van der Waals surface area contributed by atoms with E-state index >= 15 is 0 Å². The van der Waals surface area contributed by atoms with Crippen LogP contribution in [0.5, 0.6) is 5.75 Å². The minimum absolute atomic E-state index is 0.131. The average molecular weight is 421 g/mol. The van der Waals surface area contributed by atoms with E-state index in [1.807, 2.05) is 12.1 Å². The minimum atomic E-state index is -0.294. The first-order valence-electron chi connectivity index (χ1n) is 7.27. The fraction of sp³-hybridized carbons (Fsp3) is 0.0588. The van der Waals surface area contributed by atoms with Gasteiger partial charge in [-0.25, -0.2) is 9.37 Å². The van der Waals surface area contributed by atoms with Crippen molar-refractivity contribution in [2.45, 2.75) is 6.61 Å². The number of nitrogens with two attached hydrogens (primary N) is 1. The molecule has 0 aliphatic heterocycles. The van der Waals surface area contributed by atoms with Crippen LogP contribution in [0.1, 0.15) is 11.1 Å². The Kier molecular flexibility index (Phi) is 5.62. The Hall–Kier alpha value is -2.45. The Morgan fingerprint density at radius 1 is 1.32 bits per heavy atom. The maximum atomic E-state index is 13.7. The van der Waals surface area contributed by atoms with E-state index in [1.54, 1.807) is 35.9 Å². The lowest BCUT2D eigenvalue weighted by Gasteiger charge is -2.10. The third-order valence-corrected chi connectivity index (χ3v) is 4.46. The molecule has 0 fully saturated rings. The minimum Gasteiger partial charge on any atom is -0.488 e. The quantitative estimate of drug-likeness (QED) is 0.449. The Labute approximate surface area is 156 Å². The number of halogens is 2. The molecule has 0 aliphatic rings. The first-order chi connectivity index (χ1) is 12.1. The Morgan fingerprint density at radius 2 is 2.16 bits per heavy atom. The van der Waals surface area contributed by atoms with Crippen molar-refractivity contribution < 1.29 is 9.13 Å². The molecule has 0 saturated heterocycles. The van der Waals surface area contributed by atoms with Gasteiger partial charge >= 0.3 is 0 Å². The molecular weight excluding hydrogens is 407 g/mol. The number of aromatic nitrogens is 1. The normalized spacial score (nSPS) is 11.0. The number of anilines is 2. The molecule has 3 rings (SSSR count). The van der Waals surface area contributed by atoms with Gasteiger partial charge in [-0.15, -0.1) is 11.3 Å². The van der Waals surface area contributed by atoms with Crippen molar-refractivity contribution in [3.8, 4) is 5.75 Å². The van der Waals surface area contributed by atoms with E-state index in [9.17, 15) is 4.39 Å². The van der Waals surface area contributed by atoms with Gasteiger partial charge in [-0.1, -0.05) is 34.1 Å². The number of rotatable bonds is 6. The molecule has 0 bridgehead atoms. The highest BCUT2D eigenvalue weighted by Crippen LogP contribution is 2.23. The van der Waals surface area contributed by atoms with E-state index in [2.05, 4.69) is 31.4 Å². The molecule has 1 aromatic heterocycles. The Balaban J connectivity index is 1.72. The van der Waals surface area contributed by atoms with Crippen molar-refractivity contribution in [3.63, 3.8) is 0 Å². The van der Waals surface area contributed by atoms with E-state index in [4.69, 9.17) is 10.5 Å². The van der Waals surface area contributed by atoms with Gasteiger partial charge in [-0.2, -0.15) is 5.10 Å². The average Bonchev–Trinajstić information content (AvgIpc) is 3.01. The van der Waals surface area contributed by atoms with E-state index in [0.29, 0.717) is 22.3 Å². The molecule has 25 heavy (non-hydrogen) atoms. The van der Waals surface area contributed by atoms with Crippen LogP contribution in [0.2, 0.25) is 0 Å². The Bertz CT molecular complexity index is 900. The molecule has 0 radical (unpaired) electrons. The monoisotopic (exact) mass is 420 g/mol. The molecule has 3 aromatic rings. The van der Waals surface area contributed by atoms with Crippen molar-refractivity contribution >= 4 is 44.4 Å². The maximum absolute atomic E-state index is 13.7. The molecule has 1 heterocycles. The molecule has 5 nitrogen and oxygen atoms in total. The van der Waals surface area contributed by atoms with Crippen LogP contribution < -0.4 is 15.9 Å². The second-order valence-corrected chi connectivity index (χ2v) is 6.78. The largest absolute Gasteiger partial charge is 0.488 e. The second kappa shape index (κ2) is 8.09. The van der Waals surface area contributed by atoms with Crippen molar-refractivity contribution in [1.82, 2.24) is 4.98 Å². The van der Waals surface area contributed by atoms with Gasteiger partial charge in [-0.05, 0) is 24.3 Å². The summed E-state index contributed by atoms with van der Waals surface area (Å²) in [6.07, 6.45) is 1.61. The van der Waals surface area contributed by atoms with Gasteiger partial charge in [0.05, 0.1) is 6.21 Å². The van der Waals surface area contributed by atoms with E-state index in [-0.39, 0.29) is 12.4 Å². The number of nitrogen functional groups attached to an aromatic ring is 1. The van der Waals surface area contributed by atoms with Crippen LogP contribution in [-0.2, 0) is 6.61 Å². The van der Waals surface area contributed by atoms with Gasteiger partial charge in [-0.3, -0.25) is 5.43 Å². The van der Waals surface area contributed by atoms with Crippen LogP contribution in [0.25, 0.3) is 0 Å². The number of hydrazone groups is 1. The standard InChI is InChI=1S/C17H14BrFN4OS/c18-13-5-6-15(24-9-11-3-1-2-4-14(11)19)12(7-13)8-21-23-17-22-16(20)10-25-17/h1-8,10H,9,20H2,(H,22,23). The van der Waals surface area contributed by atoms with Gasteiger partial charge in [0, 0.05) is 21.0 Å². The number of nitrogens with one attached hydrogen (secondary N) is 1. The lowest BCUT2D eigenvalue weighted by Crippen LogP contribution is -2.01. The molecule has 3 N–H and O–H groups in total. The van der Waals surface area contributed by atoms with Gasteiger partial charge in [0.2, 0.25) is 5.13 Å². The molecular formula is C17H14BrFN4OS. The summed E-state index contributed by atoms with van der Waals surface area (Å²) in [5, 5.41) is 6.46. The zero-order chi connectivity index (χ0) is 17.6. The van der Waals surface area contributed by atoms with Crippen molar-refractivity contribution in [2.24, 2.45) is 5.10 Å². The summed E-state index contributed by atoms with van der Waals surface area (Å²) in [5.74, 6) is 0.743. The Morgan fingerprint density at radius 3 is 2.92 bits per heavy atom. The smallest absolute Gasteiger partial charge is 0.205 e. The highest BCUT2D eigenvalue weighted by molar-refractivity contribution is 9.10.